The molecule has 6 rings (SSSR count). The van der Waals surface area contributed by atoms with Gasteiger partial charge >= 0.3 is 0 Å². The van der Waals surface area contributed by atoms with E-state index >= 15 is 0 Å². The van der Waals surface area contributed by atoms with Crippen molar-refractivity contribution < 1.29 is 26.7 Å². The van der Waals surface area contributed by atoms with Crippen molar-refractivity contribution in [3.63, 3.8) is 0 Å². The fourth-order valence-electron chi connectivity index (χ4n) is 8.06. The van der Waals surface area contributed by atoms with Gasteiger partial charge in [0.15, 0.2) is 19.7 Å². The third-order valence-electron chi connectivity index (χ3n) is 11.5. The summed E-state index contributed by atoms with van der Waals surface area (Å²) >= 11 is 4.96. The highest BCUT2D eigenvalue weighted by Crippen LogP contribution is 2.48. The van der Waals surface area contributed by atoms with Gasteiger partial charge in [0.2, 0.25) is 0 Å². The molecule has 0 spiro atoms. The van der Waals surface area contributed by atoms with Gasteiger partial charge in [0.05, 0.1) is 49.1 Å². The Labute approximate surface area is 348 Å². The summed E-state index contributed by atoms with van der Waals surface area (Å²) in [6.45, 7) is 9.83. The van der Waals surface area contributed by atoms with Crippen LogP contribution in [0.25, 0.3) is 0 Å². The van der Waals surface area contributed by atoms with E-state index in [0.29, 0.717) is 40.0 Å². The number of phenolic OH excluding ortho intramolecular Hbond substituents is 1. The maximum atomic E-state index is 13.5. The number of ether oxygens (including phenoxy) is 1. The average molecular weight is 886 g/mol. The lowest BCUT2D eigenvalue weighted by molar-refractivity contribution is 0.290. The van der Waals surface area contributed by atoms with E-state index < -0.39 is 19.7 Å². The van der Waals surface area contributed by atoms with Gasteiger partial charge in [0.25, 0.3) is 0 Å². The molecule has 2 atom stereocenters. The molecule has 0 amide bonds. The number of para-hydroxylation sites is 2. The van der Waals surface area contributed by atoms with Crippen LogP contribution in [0, 0.1) is 10.8 Å². The van der Waals surface area contributed by atoms with E-state index in [1.807, 2.05) is 79.1 Å². The van der Waals surface area contributed by atoms with Crippen molar-refractivity contribution in [3.05, 3.63) is 89.4 Å². The number of anilines is 4. The first kappa shape index (κ1) is 43.9. The Morgan fingerprint density at radius 2 is 1.16 bits per heavy atom. The SMILES string of the molecule is CCCCC1(CC)CN(c2ccccc2)c2cc(Br)c(OC)cc2S(=O)(=O)C1.CCCCC1(CC)CN(c2ccccc2)c2cc(SC)c(O)cc2S(=O)(=O)C1. The van der Waals surface area contributed by atoms with E-state index in [4.69, 9.17) is 4.74 Å². The number of hydrogen-bond acceptors (Lipinski definition) is 9. The maximum absolute atomic E-state index is 13.5. The van der Waals surface area contributed by atoms with Gasteiger partial charge in [0.1, 0.15) is 11.5 Å². The largest absolute Gasteiger partial charge is 0.507 e. The Balaban J connectivity index is 0.000000214. The topological polar surface area (TPSA) is 104 Å². The highest BCUT2D eigenvalue weighted by atomic mass is 79.9. The van der Waals surface area contributed by atoms with E-state index in [0.717, 1.165) is 67.2 Å². The predicted molar refractivity (Wildman–Crippen MR) is 236 cm³/mol. The van der Waals surface area contributed by atoms with Crippen molar-refractivity contribution >= 4 is 70.1 Å². The Kier molecular flexibility index (Phi) is 14.6. The minimum Gasteiger partial charge on any atom is -0.507 e. The summed E-state index contributed by atoms with van der Waals surface area (Å²) in [4.78, 5) is 5.58. The van der Waals surface area contributed by atoms with Crippen molar-refractivity contribution in [2.75, 3.05) is 47.8 Å². The molecule has 304 valence electrons. The highest BCUT2D eigenvalue weighted by molar-refractivity contribution is 9.10. The van der Waals surface area contributed by atoms with E-state index in [9.17, 15) is 21.9 Å². The first-order chi connectivity index (χ1) is 26.7. The normalized spacial score (nSPS) is 21.1. The molecule has 4 aromatic rings. The summed E-state index contributed by atoms with van der Waals surface area (Å²) in [5, 5.41) is 10.4. The van der Waals surface area contributed by atoms with Gasteiger partial charge in [0, 0.05) is 47.4 Å². The highest BCUT2D eigenvalue weighted by Gasteiger charge is 2.43. The fourth-order valence-corrected chi connectivity index (χ4v) is 13.4. The fraction of sp³-hybridized carbons (Fsp3) is 0.455. The van der Waals surface area contributed by atoms with Gasteiger partial charge in [-0.25, -0.2) is 16.8 Å². The van der Waals surface area contributed by atoms with Crippen molar-refractivity contribution in [2.24, 2.45) is 10.8 Å². The predicted octanol–water partition coefficient (Wildman–Crippen LogP) is 11.6. The van der Waals surface area contributed by atoms with E-state index in [2.05, 4.69) is 53.4 Å². The Morgan fingerprint density at radius 1 is 0.714 bits per heavy atom. The number of benzene rings is 4. The maximum Gasteiger partial charge on any atom is 0.181 e. The van der Waals surface area contributed by atoms with E-state index in [1.54, 1.807) is 13.2 Å². The minimum absolute atomic E-state index is 0.0281. The number of sulfone groups is 2. The van der Waals surface area contributed by atoms with Crippen LogP contribution >= 0.6 is 27.7 Å². The molecule has 0 saturated carbocycles. The summed E-state index contributed by atoms with van der Waals surface area (Å²) in [6, 6.07) is 26.8. The van der Waals surface area contributed by atoms with E-state index in [-0.39, 0.29) is 33.0 Å². The monoisotopic (exact) mass is 884 g/mol. The molecule has 0 fully saturated rings. The molecule has 0 aliphatic carbocycles. The van der Waals surface area contributed by atoms with E-state index in [1.165, 1.54) is 17.8 Å². The van der Waals surface area contributed by atoms with Crippen molar-refractivity contribution in [2.45, 2.75) is 93.7 Å². The first-order valence-corrected chi connectivity index (χ1v) is 24.9. The van der Waals surface area contributed by atoms with Crippen LogP contribution in [0.1, 0.15) is 79.1 Å². The van der Waals surface area contributed by atoms with Crippen LogP contribution in [0.5, 0.6) is 11.5 Å². The van der Waals surface area contributed by atoms with Crippen LogP contribution in [-0.4, -0.2) is 59.9 Å². The quantitative estimate of drug-likeness (QED) is 0.139. The van der Waals surface area contributed by atoms with Crippen LogP contribution in [-0.2, 0) is 19.7 Å². The molecule has 2 unspecified atom stereocenters. The van der Waals surface area contributed by atoms with Crippen molar-refractivity contribution in [3.8, 4) is 11.5 Å². The lowest BCUT2D eigenvalue weighted by Gasteiger charge is -2.36. The second-order valence-corrected chi connectivity index (χ2v) is 20.8. The molecule has 8 nitrogen and oxygen atoms in total. The van der Waals surface area contributed by atoms with Crippen LogP contribution in [0.3, 0.4) is 0 Å². The molecule has 0 aromatic heterocycles. The average Bonchev–Trinajstić information content (AvgIpc) is 3.36. The molecule has 2 aliphatic heterocycles. The molecule has 2 aliphatic rings. The Bertz CT molecular complexity index is 2160. The van der Waals surface area contributed by atoms with Gasteiger partial charge in [-0.15, -0.1) is 11.8 Å². The smallest absolute Gasteiger partial charge is 0.181 e. The summed E-state index contributed by atoms with van der Waals surface area (Å²) < 4.78 is 60.0. The second-order valence-electron chi connectivity index (χ2n) is 15.2. The summed E-state index contributed by atoms with van der Waals surface area (Å²) in [5.74, 6) is 0.843. The number of fused-ring (bicyclic) bond motifs is 2. The summed E-state index contributed by atoms with van der Waals surface area (Å²) in [6.07, 6.45) is 9.40. The molecule has 0 bridgehead atoms. The summed E-state index contributed by atoms with van der Waals surface area (Å²) in [7, 11) is -5.43. The molecule has 1 N–H and O–H groups in total. The van der Waals surface area contributed by atoms with Gasteiger partial charge in [-0.1, -0.05) is 89.8 Å². The Morgan fingerprint density at radius 3 is 1.57 bits per heavy atom. The zero-order valence-electron chi connectivity index (χ0n) is 33.6. The minimum atomic E-state index is -3.53. The van der Waals surface area contributed by atoms with Crippen molar-refractivity contribution in [1.82, 2.24) is 0 Å². The molecule has 0 radical (unpaired) electrons. The molecule has 12 heteroatoms. The molecule has 0 saturated heterocycles. The van der Waals surface area contributed by atoms with Gasteiger partial charge in [-0.2, -0.15) is 0 Å². The molecule has 56 heavy (non-hydrogen) atoms. The van der Waals surface area contributed by atoms with Crippen LogP contribution in [0.2, 0.25) is 0 Å². The number of nitrogens with zero attached hydrogens (tertiary/aromatic N) is 2. The number of unbranched alkanes of at least 4 members (excludes halogenated alkanes) is 2. The molecular formula is C44H57BrN2O6S3. The zero-order chi connectivity index (χ0) is 40.7. The second kappa shape index (κ2) is 18.6. The van der Waals surface area contributed by atoms with Crippen molar-refractivity contribution in [1.29, 1.82) is 0 Å². The van der Waals surface area contributed by atoms with Crippen LogP contribution in [0.15, 0.2) is 104 Å². The number of methoxy groups -OCH3 is 1. The molecular weight excluding hydrogens is 829 g/mol. The molecule has 4 aromatic carbocycles. The van der Waals surface area contributed by atoms with Gasteiger partial charge in [-0.05, 0) is 84.3 Å². The van der Waals surface area contributed by atoms with Gasteiger partial charge < -0.3 is 19.6 Å². The van der Waals surface area contributed by atoms with Gasteiger partial charge in [-0.3, -0.25) is 0 Å². The first-order valence-electron chi connectivity index (χ1n) is 19.6. The Hall–Kier alpha value is -3.19. The zero-order valence-corrected chi connectivity index (χ0v) is 37.6. The molecule has 2 heterocycles. The number of rotatable bonds is 12. The van der Waals surface area contributed by atoms with Crippen LogP contribution < -0.4 is 14.5 Å². The summed E-state index contributed by atoms with van der Waals surface area (Å²) in [5.41, 5.74) is 2.76. The number of halogens is 1. The number of aromatic hydroxyl groups is 1. The third-order valence-corrected chi connectivity index (χ3v) is 16.8. The number of thioether (sulfide) groups is 1. The standard InChI is InChI=1S/C22H28BrNO3S.C22H29NO3S2/c1-4-6-12-22(5-2)15-24(17-10-8-7-9-11-17)19-13-18(23)20(27-3)14-21(19)28(25,26)16-22;1-4-6-12-22(5-2)15-23(17-10-8-7-9-11-17)18-13-20(27-3)19(24)14-21(18)28(25,26)16-22/h7-11,13-14H,4-6,12,15-16H2,1-3H3;7-11,13-14,24H,4-6,12,15-16H2,1-3H3. The third kappa shape index (κ3) is 9.56. The van der Waals surface area contributed by atoms with Crippen LogP contribution in [0.4, 0.5) is 22.7 Å². The number of phenols is 1. The lowest BCUT2D eigenvalue weighted by atomic mass is 9.81. The lowest BCUT2D eigenvalue weighted by Crippen LogP contribution is -2.37. The number of hydrogen-bond donors (Lipinski definition) is 1.